The molecule has 3 heteroatoms. The summed E-state index contributed by atoms with van der Waals surface area (Å²) in [6.07, 6.45) is 1.67. The maximum absolute atomic E-state index is 8.91. The lowest BCUT2D eigenvalue weighted by atomic mass is 10.1. The Morgan fingerprint density at radius 3 is 3.00 bits per heavy atom. The van der Waals surface area contributed by atoms with Gasteiger partial charge in [0.05, 0.1) is 17.0 Å². The molecule has 0 saturated heterocycles. The maximum atomic E-state index is 8.91. The highest BCUT2D eigenvalue weighted by molar-refractivity contribution is 6.25. The third-order valence-electron chi connectivity index (χ3n) is 1.97. The molecule has 0 fully saturated rings. The van der Waals surface area contributed by atoms with Crippen LogP contribution in [0.15, 0.2) is 30.5 Å². The zero-order valence-corrected chi connectivity index (χ0v) is 7.99. The van der Waals surface area contributed by atoms with Crippen molar-refractivity contribution < 1.29 is 0 Å². The van der Waals surface area contributed by atoms with E-state index in [1.165, 1.54) is 5.88 Å². The van der Waals surface area contributed by atoms with E-state index in [0.717, 1.165) is 16.5 Å². The highest BCUT2D eigenvalue weighted by atomic mass is 35.5. The molecular weight excluding hydrogens is 196 g/mol. The molecule has 2 aromatic rings. The van der Waals surface area contributed by atoms with Crippen LogP contribution in [0.1, 0.15) is 11.1 Å². The zero-order chi connectivity index (χ0) is 9.97. The summed E-state index contributed by atoms with van der Waals surface area (Å²) in [6.45, 7) is 0. The summed E-state index contributed by atoms with van der Waals surface area (Å²) in [6, 6.07) is 9.47. The quantitative estimate of drug-likeness (QED) is 0.712. The summed E-state index contributed by atoms with van der Waals surface area (Å²) in [5.74, 6) is 1.45. The van der Waals surface area contributed by atoms with Crippen LogP contribution in [-0.2, 0) is 0 Å². The topological polar surface area (TPSA) is 36.7 Å². The standard InChI is InChI=1S/C11H6ClN2/c12-6-8-4-9-2-1-3-14-11(9)10(5-8)7-13/h1-6H. The van der Waals surface area contributed by atoms with Crippen molar-refractivity contribution in [1.29, 1.82) is 5.26 Å². The number of rotatable bonds is 1. The van der Waals surface area contributed by atoms with E-state index >= 15 is 0 Å². The Balaban J connectivity index is 2.82. The summed E-state index contributed by atoms with van der Waals surface area (Å²) in [5.41, 5.74) is 2.09. The molecular formula is C11H6ClN2. The van der Waals surface area contributed by atoms with Crippen molar-refractivity contribution in [3.63, 3.8) is 0 Å². The Kier molecular flexibility index (Phi) is 2.34. The van der Waals surface area contributed by atoms with Gasteiger partial charge in [0.2, 0.25) is 0 Å². The van der Waals surface area contributed by atoms with Gasteiger partial charge in [-0.3, -0.25) is 4.98 Å². The van der Waals surface area contributed by atoms with Crippen molar-refractivity contribution >= 4 is 22.5 Å². The van der Waals surface area contributed by atoms with Crippen molar-refractivity contribution in [2.45, 2.75) is 0 Å². The lowest BCUT2D eigenvalue weighted by molar-refractivity contribution is 1.38. The van der Waals surface area contributed by atoms with Crippen LogP contribution in [0, 0.1) is 17.2 Å². The molecule has 0 aliphatic rings. The molecule has 1 radical (unpaired) electrons. The van der Waals surface area contributed by atoms with E-state index in [2.05, 4.69) is 11.1 Å². The molecule has 0 saturated carbocycles. The highest BCUT2D eigenvalue weighted by Gasteiger charge is 2.03. The van der Waals surface area contributed by atoms with Crippen molar-refractivity contribution in [2.24, 2.45) is 0 Å². The van der Waals surface area contributed by atoms with E-state index in [4.69, 9.17) is 16.9 Å². The number of fused-ring (bicyclic) bond motifs is 1. The van der Waals surface area contributed by atoms with Crippen LogP contribution >= 0.6 is 11.6 Å². The molecule has 0 bridgehead atoms. The molecule has 2 rings (SSSR count). The molecule has 0 amide bonds. The number of pyridine rings is 1. The predicted molar refractivity (Wildman–Crippen MR) is 55.7 cm³/mol. The zero-order valence-electron chi connectivity index (χ0n) is 7.24. The number of nitrogens with zero attached hydrogens (tertiary/aromatic N) is 2. The third-order valence-corrected chi connectivity index (χ3v) is 2.23. The first-order valence-corrected chi connectivity index (χ1v) is 4.51. The number of hydrogen-bond acceptors (Lipinski definition) is 2. The molecule has 0 N–H and O–H groups in total. The van der Waals surface area contributed by atoms with Gasteiger partial charge in [-0.15, -0.1) is 11.6 Å². The minimum Gasteiger partial charge on any atom is -0.255 e. The third kappa shape index (κ3) is 1.43. The first-order valence-electron chi connectivity index (χ1n) is 4.07. The second-order valence-electron chi connectivity index (χ2n) is 2.86. The molecule has 0 atom stereocenters. The summed E-state index contributed by atoms with van der Waals surface area (Å²) >= 11 is 5.60. The summed E-state index contributed by atoms with van der Waals surface area (Å²) in [5, 5.41) is 9.84. The van der Waals surface area contributed by atoms with Gasteiger partial charge in [-0.25, -0.2) is 0 Å². The molecule has 1 heterocycles. The molecule has 14 heavy (non-hydrogen) atoms. The molecule has 67 valence electrons. The van der Waals surface area contributed by atoms with Gasteiger partial charge in [0, 0.05) is 11.6 Å². The van der Waals surface area contributed by atoms with Crippen LogP contribution in [0.5, 0.6) is 0 Å². The Bertz CT molecular complexity index is 514. The van der Waals surface area contributed by atoms with Crippen LogP contribution in [-0.4, -0.2) is 4.98 Å². The second kappa shape index (κ2) is 3.65. The van der Waals surface area contributed by atoms with Gasteiger partial charge < -0.3 is 0 Å². The van der Waals surface area contributed by atoms with Crippen molar-refractivity contribution in [3.05, 3.63) is 47.5 Å². The average Bonchev–Trinajstić information content (AvgIpc) is 2.27. The molecule has 0 unspecified atom stereocenters. The number of halogens is 1. The van der Waals surface area contributed by atoms with E-state index in [1.807, 2.05) is 18.2 Å². The van der Waals surface area contributed by atoms with Gasteiger partial charge in [0.1, 0.15) is 6.07 Å². The number of aromatic nitrogens is 1. The molecule has 1 aromatic carbocycles. The summed E-state index contributed by atoms with van der Waals surface area (Å²) in [4.78, 5) is 4.15. The van der Waals surface area contributed by atoms with E-state index in [0.29, 0.717) is 5.56 Å². The van der Waals surface area contributed by atoms with Gasteiger partial charge in [-0.1, -0.05) is 6.07 Å². The Labute approximate surface area is 86.8 Å². The van der Waals surface area contributed by atoms with E-state index < -0.39 is 0 Å². The fourth-order valence-electron chi connectivity index (χ4n) is 1.36. The molecule has 1 aromatic heterocycles. The molecule has 0 aliphatic heterocycles. The van der Waals surface area contributed by atoms with Gasteiger partial charge in [-0.2, -0.15) is 5.26 Å². The van der Waals surface area contributed by atoms with Crippen LogP contribution in [0.2, 0.25) is 0 Å². The van der Waals surface area contributed by atoms with Crippen molar-refractivity contribution in [2.75, 3.05) is 0 Å². The normalized spacial score (nSPS) is 10.0. The Morgan fingerprint density at radius 1 is 1.43 bits per heavy atom. The van der Waals surface area contributed by atoms with Gasteiger partial charge in [-0.05, 0) is 23.8 Å². The van der Waals surface area contributed by atoms with Crippen molar-refractivity contribution in [1.82, 2.24) is 4.98 Å². The fraction of sp³-hybridized carbons (Fsp3) is 0. The Hall–Kier alpha value is -1.59. The minimum atomic E-state index is 0.551. The average molecular weight is 202 g/mol. The van der Waals surface area contributed by atoms with Crippen LogP contribution in [0.3, 0.4) is 0 Å². The van der Waals surface area contributed by atoms with Gasteiger partial charge >= 0.3 is 0 Å². The van der Waals surface area contributed by atoms with E-state index in [1.54, 1.807) is 12.3 Å². The van der Waals surface area contributed by atoms with Gasteiger partial charge in [0.15, 0.2) is 0 Å². The summed E-state index contributed by atoms with van der Waals surface area (Å²) in [7, 11) is 0. The van der Waals surface area contributed by atoms with E-state index in [9.17, 15) is 0 Å². The minimum absolute atomic E-state index is 0.551. The monoisotopic (exact) mass is 201 g/mol. The second-order valence-corrected chi connectivity index (χ2v) is 3.08. The predicted octanol–water partition coefficient (Wildman–Crippen LogP) is 2.86. The van der Waals surface area contributed by atoms with Gasteiger partial charge in [0.25, 0.3) is 0 Å². The van der Waals surface area contributed by atoms with Crippen LogP contribution in [0.4, 0.5) is 0 Å². The lowest BCUT2D eigenvalue weighted by Crippen LogP contribution is -1.86. The highest BCUT2D eigenvalue weighted by Crippen LogP contribution is 2.20. The lowest BCUT2D eigenvalue weighted by Gasteiger charge is -2.01. The number of benzene rings is 1. The first-order chi connectivity index (χ1) is 6.85. The van der Waals surface area contributed by atoms with E-state index in [-0.39, 0.29) is 0 Å². The molecule has 0 aliphatic carbocycles. The van der Waals surface area contributed by atoms with Crippen LogP contribution < -0.4 is 0 Å². The van der Waals surface area contributed by atoms with Crippen LogP contribution in [0.25, 0.3) is 10.9 Å². The largest absolute Gasteiger partial charge is 0.255 e. The fourth-order valence-corrected chi connectivity index (χ4v) is 1.49. The number of nitriles is 1. The molecule has 0 spiro atoms. The number of hydrogen-bond donors (Lipinski definition) is 0. The maximum Gasteiger partial charge on any atom is 0.101 e. The smallest absolute Gasteiger partial charge is 0.101 e. The SMILES string of the molecule is N#Cc1cc([CH]Cl)cc2cccnc12. The Morgan fingerprint density at radius 2 is 2.29 bits per heavy atom. The summed E-state index contributed by atoms with van der Waals surface area (Å²) < 4.78 is 0. The molecule has 2 nitrogen and oxygen atoms in total. The van der Waals surface area contributed by atoms with Crippen molar-refractivity contribution in [3.8, 4) is 6.07 Å². The first kappa shape index (κ1) is 8.98.